The fourth-order valence-electron chi connectivity index (χ4n) is 1.96. The summed E-state index contributed by atoms with van der Waals surface area (Å²) < 4.78 is 0. The second-order valence-electron chi connectivity index (χ2n) is 5.18. The van der Waals surface area contributed by atoms with E-state index in [2.05, 4.69) is 48.0 Å². The maximum absolute atomic E-state index is 10.1. The van der Waals surface area contributed by atoms with E-state index in [-0.39, 0.29) is 0 Å². The van der Waals surface area contributed by atoms with E-state index < -0.39 is 14.2 Å². The van der Waals surface area contributed by atoms with Crippen LogP contribution in [0.5, 0.6) is 0 Å². The lowest BCUT2D eigenvalue weighted by molar-refractivity contribution is 0.228. The fraction of sp³-hybridized carbons (Fsp3) is 0.188. The van der Waals surface area contributed by atoms with Crippen molar-refractivity contribution in [3.8, 4) is 0 Å². The van der Waals surface area contributed by atoms with E-state index in [1.165, 1.54) is 5.19 Å². The van der Waals surface area contributed by atoms with Crippen molar-refractivity contribution in [2.24, 2.45) is 0 Å². The quantitative estimate of drug-likeness (QED) is 0.866. The Labute approximate surface area is 115 Å². The summed E-state index contributed by atoms with van der Waals surface area (Å²) in [5.74, 6) is 0. The number of hydrogen-bond acceptors (Lipinski definition) is 2. The van der Waals surface area contributed by atoms with Gasteiger partial charge in [-0.2, -0.15) is 0 Å². The minimum atomic E-state index is -1.64. The molecule has 0 aliphatic heterocycles. The zero-order valence-corrected chi connectivity index (χ0v) is 12.3. The van der Waals surface area contributed by atoms with Gasteiger partial charge in [-0.15, -0.1) is 0 Å². The van der Waals surface area contributed by atoms with Gasteiger partial charge in [-0.1, -0.05) is 66.5 Å². The Morgan fingerprint density at radius 1 is 1.11 bits per heavy atom. The van der Waals surface area contributed by atoms with Gasteiger partial charge in [-0.05, 0) is 6.07 Å². The smallest absolute Gasteiger partial charge is 0.103 e. The molecular formula is C16H19NOSi. The van der Waals surface area contributed by atoms with Crippen molar-refractivity contribution in [2.45, 2.75) is 19.2 Å². The van der Waals surface area contributed by atoms with Gasteiger partial charge in [0, 0.05) is 18.0 Å². The largest absolute Gasteiger partial charge is 0.384 e. The van der Waals surface area contributed by atoms with Gasteiger partial charge >= 0.3 is 0 Å². The van der Waals surface area contributed by atoms with E-state index in [1.807, 2.05) is 24.3 Å². The van der Waals surface area contributed by atoms with E-state index >= 15 is 0 Å². The molecule has 1 N–H and O–H groups in total. The second-order valence-corrected chi connectivity index (χ2v) is 9.53. The van der Waals surface area contributed by atoms with E-state index in [0.717, 1.165) is 5.56 Å². The standard InChI is InChI=1S/C16H19NOSi/c1-19(2,15-8-4-3-5-9-15)12-10-16(18)14-7-6-11-17-13-14/h3-13,16,18H,1-2H3/b12-10+. The third-order valence-electron chi connectivity index (χ3n) is 3.24. The average molecular weight is 269 g/mol. The number of aromatic nitrogens is 1. The van der Waals surface area contributed by atoms with Crippen LogP contribution in [0.2, 0.25) is 13.1 Å². The van der Waals surface area contributed by atoms with Gasteiger partial charge in [0.15, 0.2) is 0 Å². The average Bonchev–Trinajstić information content (AvgIpc) is 2.47. The van der Waals surface area contributed by atoms with Crippen LogP contribution in [0.15, 0.2) is 66.6 Å². The highest BCUT2D eigenvalue weighted by Gasteiger charge is 2.19. The summed E-state index contributed by atoms with van der Waals surface area (Å²) in [5, 5.41) is 11.5. The second kappa shape index (κ2) is 5.95. The van der Waals surface area contributed by atoms with Crippen molar-refractivity contribution in [2.75, 3.05) is 0 Å². The van der Waals surface area contributed by atoms with Gasteiger partial charge in [0.2, 0.25) is 0 Å². The van der Waals surface area contributed by atoms with Crippen molar-refractivity contribution >= 4 is 13.3 Å². The van der Waals surface area contributed by atoms with Crippen LogP contribution in [0.3, 0.4) is 0 Å². The molecule has 2 nitrogen and oxygen atoms in total. The maximum Gasteiger partial charge on any atom is 0.103 e. The van der Waals surface area contributed by atoms with Gasteiger partial charge in [-0.25, -0.2) is 0 Å². The SMILES string of the molecule is C[Si](C)(/C=C/C(O)c1cccnc1)c1ccccc1. The minimum absolute atomic E-state index is 0.579. The number of rotatable bonds is 4. The predicted octanol–water partition coefficient (Wildman–Crippen LogP) is 2.83. The lowest BCUT2D eigenvalue weighted by Gasteiger charge is -2.19. The lowest BCUT2D eigenvalue weighted by atomic mass is 10.2. The normalized spacial score (nSPS) is 13.6. The Morgan fingerprint density at radius 2 is 1.84 bits per heavy atom. The third kappa shape index (κ3) is 3.62. The zero-order chi connectivity index (χ0) is 13.7. The predicted molar refractivity (Wildman–Crippen MR) is 81.9 cm³/mol. The highest BCUT2D eigenvalue weighted by Crippen LogP contribution is 2.14. The van der Waals surface area contributed by atoms with Crippen LogP contribution in [0.1, 0.15) is 11.7 Å². The highest BCUT2D eigenvalue weighted by atomic mass is 28.3. The first-order valence-corrected chi connectivity index (χ1v) is 9.50. The first-order valence-electron chi connectivity index (χ1n) is 6.42. The number of aliphatic hydroxyl groups excluding tert-OH is 1. The van der Waals surface area contributed by atoms with Crippen LogP contribution in [0.4, 0.5) is 0 Å². The van der Waals surface area contributed by atoms with Crippen molar-refractivity contribution < 1.29 is 5.11 Å². The third-order valence-corrected chi connectivity index (χ3v) is 6.09. The number of hydrogen-bond donors (Lipinski definition) is 1. The van der Waals surface area contributed by atoms with E-state index in [9.17, 15) is 5.11 Å². The van der Waals surface area contributed by atoms with Gasteiger partial charge in [0.25, 0.3) is 0 Å². The molecule has 3 heteroatoms. The number of pyridine rings is 1. The summed E-state index contributed by atoms with van der Waals surface area (Å²) in [4.78, 5) is 4.03. The van der Waals surface area contributed by atoms with E-state index in [4.69, 9.17) is 0 Å². The van der Waals surface area contributed by atoms with Crippen molar-refractivity contribution in [3.63, 3.8) is 0 Å². The molecule has 0 amide bonds. The Balaban J connectivity index is 2.14. The van der Waals surface area contributed by atoms with Crippen molar-refractivity contribution in [3.05, 3.63) is 72.2 Å². The van der Waals surface area contributed by atoms with Crippen molar-refractivity contribution in [1.29, 1.82) is 0 Å². The van der Waals surface area contributed by atoms with Crippen LogP contribution in [0, 0.1) is 0 Å². The van der Waals surface area contributed by atoms with Gasteiger partial charge in [0.05, 0.1) is 6.10 Å². The number of aliphatic hydroxyl groups is 1. The van der Waals surface area contributed by atoms with E-state index in [0.29, 0.717) is 0 Å². The first kappa shape index (κ1) is 13.7. The van der Waals surface area contributed by atoms with Gasteiger partial charge in [-0.3, -0.25) is 4.98 Å². The Bertz CT molecular complexity index is 537. The molecule has 0 aliphatic carbocycles. The molecular weight excluding hydrogens is 250 g/mol. The Kier molecular flexibility index (Phi) is 4.30. The van der Waals surface area contributed by atoms with Crippen molar-refractivity contribution in [1.82, 2.24) is 4.98 Å². The molecule has 1 heterocycles. The molecule has 0 saturated carbocycles. The van der Waals surface area contributed by atoms with E-state index in [1.54, 1.807) is 12.4 Å². The lowest BCUT2D eigenvalue weighted by Crippen LogP contribution is -2.39. The van der Waals surface area contributed by atoms with Gasteiger partial charge in [0.1, 0.15) is 8.07 Å². The molecule has 1 aromatic heterocycles. The fourth-order valence-corrected chi connectivity index (χ4v) is 3.87. The molecule has 1 atom stereocenters. The summed E-state index contributed by atoms with van der Waals surface area (Å²) in [6, 6.07) is 14.2. The molecule has 2 aromatic rings. The molecule has 2 rings (SSSR count). The highest BCUT2D eigenvalue weighted by molar-refractivity contribution is 6.93. The molecule has 0 radical (unpaired) electrons. The van der Waals surface area contributed by atoms with Crippen LogP contribution >= 0.6 is 0 Å². The molecule has 0 aliphatic rings. The summed E-state index contributed by atoms with van der Waals surface area (Å²) in [6.45, 7) is 4.55. The summed E-state index contributed by atoms with van der Waals surface area (Å²) in [7, 11) is -1.64. The van der Waals surface area contributed by atoms with Gasteiger partial charge < -0.3 is 5.11 Å². The summed E-state index contributed by atoms with van der Waals surface area (Å²) >= 11 is 0. The maximum atomic E-state index is 10.1. The molecule has 1 unspecified atom stereocenters. The number of nitrogens with zero attached hydrogens (tertiary/aromatic N) is 1. The molecule has 19 heavy (non-hydrogen) atoms. The first-order chi connectivity index (χ1) is 9.09. The summed E-state index contributed by atoms with van der Waals surface area (Å²) in [6.07, 6.45) is 4.72. The molecule has 98 valence electrons. The minimum Gasteiger partial charge on any atom is -0.384 e. The summed E-state index contributed by atoms with van der Waals surface area (Å²) in [5.41, 5.74) is 3.01. The molecule has 0 spiro atoms. The monoisotopic (exact) mass is 269 g/mol. The van der Waals surface area contributed by atoms with Crippen LogP contribution < -0.4 is 5.19 Å². The van der Waals surface area contributed by atoms with Crippen LogP contribution in [0.25, 0.3) is 0 Å². The topological polar surface area (TPSA) is 33.1 Å². The zero-order valence-electron chi connectivity index (χ0n) is 11.3. The molecule has 1 aromatic carbocycles. The molecule has 0 fully saturated rings. The van der Waals surface area contributed by atoms with Crippen LogP contribution in [-0.4, -0.2) is 18.2 Å². The van der Waals surface area contributed by atoms with Crippen LogP contribution in [-0.2, 0) is 0 Å². The molecule has 0 saturated heterocycles. The Morgan fingerprint density at radius 3 is 2.47 bits per heavy atom. The number of benzene rings is 1. The molecule has 0 bridgehead atoms. The Hall–Kier alpha value is -1.71.